The maximum atomic E-state index is 12.8. The number of ether oxygens (including phenoxy) is 1. The zero-order chi connectivity index (χ0) is 20.8. The predicted octanol–water partition coefficient (Wildman–Crippen LogP) is 4.11. The van der Waals surface area contributed by atoms with Crippen LogP contribution in [0.4, 0.5) is 0 Å². The Hall–Kier alpha value is -2.95. The van der Waals surface area contributed by atoms with Crippen LogP contribution in [0.3, 0.4) is 0 Å². The molecule has 0 bridgehead atoms. The van der Waals surface area contributed by atoms with Gasteiger partial charge in [0.2, 0.25) is 0 Å². The molecule has 2 aromatic carbocycles. The lowest BCUT2D eigenvalue weighted by Crippen LogP contribution is -2.41. The van der Waals surface area contributed by atoms with Gasteiger partial charge in [-0.3, -0.25) is 9.59 Å². The van der Waals surface area contributed by atoms with E-state index in [9.17, 15) is 14.4 Å². The van der Waals surface area contributed by atoms with Crippen molar-refractivity contribution in [2.45, 2.75) is 38.6 Å². The van der Waals surface area contributed by atoms with Crippen LogP contribution < -0.4 is 0 Å². The molecule has 0 aliphatic heterocycles. The van der Waals surface area contributed by atoms with E-state index in [0.717, 1.165) is 25.7 Å². The van der Waals surface area contributed by atoms with Gasteiger partial charge in [0, 0.05) is 24.2 Å². The van der Waals surface area contributed by atoms with Crippen LogP contribution in [0.15, 0.2) is 54.6 Å². The highest BCUT2D eigenvalue weighted by Gasteiger charge is 2.26. The Morgan fingerprint density at radius 2 is 1.48 bits per heavy atom. The van der Waals surface area contributed by atoms with Crippen LogP contribution in [0, 0.1) is 5.92 Å². The third-order valence-electron chi connectivity index (χ3n) is 5.68. The van der Waals surface area contributed by atoms with Gasteiger partial charge in [0.05, 0.1) is 5.56 Å². The highest BCUT2D eigenvalue weighted by atomic mass is 16.5. The van der Waals surface area contributed by atoms with Crippen molar-refractivity contribution in [1.82, 2.24) is 4.90 Å². The molecular weight excluding hydrogens is 366 g/mol. The van der Waals surface area contributed by atoms with Crippen molar-refractivity contribution in [3.63, 3.8) is 0 Å². The second-order valence-electron chi connectivity index (χ2n) is 7.74. The van der Waals surface area contributed by atoms with Gasteiger partial charge in [-0.05, 0) is 37.7 Å². The van der Waals surface area contributed by atoms with Crippen molar-refractivity contribution in [3.8, 4) is 0 Å². The summed E-state index contributed by atoms with van der Waals surface area (Å²) in [6.45, 7) is 1.91. The number of amides is 1. The van der Waals surface area contributed by atoms with Crippen LogP contribution in [0.2, 0.25) is 0 Å². The van der Waals surface area contributed by atoms with Gasteiger partial charge in [-0.2, -0.15) is 0 Å². The highest BCUT2D eigenvalue weighted by molar-refractivity contribution is 6.14. The number of benzene rings is 2. The van der Waals surface area contributed by atoms with Crippen LogP contribution >= 0.6 is 0 Å². The van der Waals surface area contributed by atoms with Crippen molar-refractivity contribution in [2.24, 2.45) is 5.92 Å². The third kappa shape index (κ3) is 5.11. The van der Waals surface area contributed by atoms with Crippen molar-refractivity contribution >= 4 is 17.7 Å². The van der Waals surface area contributed by atoms with Crippen molar-refractivity contribution in [3.05, 3.63) is 71.3 Å². The molecule has 1 aliphatic rings. The molecule has 3 rings (SSSR count). The summed E-state index contributed by atoms with van der Waals surface area (Å²) >= 11 is 0. The first-order chi connectivity index (χ1) is 14.0. The topological polar surface area (TPSA) is 63.7 Å². The monoisotopic (exact) mass is 393 g/mol. The maximum Gasteiger partial charge on any atom is 0.339 e. The SMILES string of the molecule is CC1CCC(N(C)C(=O)COC(=O)c2ccccc2C(=O)c2ccccc2)CC1. The van der Waals surface area contributed by atoms with Crippen molar-refractivity contribution in [1.29, 1.82) is 0 Å². The molecule has 29 heavy (non-hydrogen) atoms. The molecule has 2 aromatic rings. The first-order valence-corrected chi connectivity index (χ1v) is 10.1. The van der Waals surface area contributed by atoms with Crippen LogP contribution in [0.25, 0.3) is 0 Å². The average Bonchev–Trinajstić information content (AvgIpc) is 2.77. The number of carbonyl (C=O) groups is 3. The van der Waals surface area contributed by atoms with Gasteiger partial charge in [0.25, 0.3) is 5.91 Å². The second-order valence-corrected chi connectivity index (χ2v) is 7.74. The Labute approximate surface area is 171 Å². The fourth-order valence-corrected chi connectivity index (χ4v) is 3.74. The molecule has 0 N–H and O–H groups in total. The largest absolute Gasteiger partial charge is 0.452 e. The molecule has 1 aliphatic carbocycles. The van der Waals surface area contributed by atoms with Gasteiger partial charge in [0.1, 0.15) is 0 Å². The molecule has 0 aromatic heterocycles. The van der Waals surface area contributed by atoms with E-state index in [-0.39, 0.29) is 35.5 Å². The van der Waals surface area contributed by atoms with E-state index < -0.39 is 5.97 Å². The predicted molar refractivity (Wildman–Crippen MR) is 111 cm³/mol. The first-order valence-electron chi connectivity index (χ1n) is 10.1. The smallest absolute Gasteiger partial charge is 0.339 e. The molecule has 1 saturated carbocycles. The summed E-state index contributed by atoms with van der Waals surface area (Å²) in [6, 6.07) is 15.5. The molecule has 0 atom stereocenters. The highest BCUT2D eigenvalue weighted by Crippen LogP contribution is 2.26. The van der Waals surface area contributed by atoms with E-state index in [1.165, 1.54) is 0 Å². The number of hydrogen-bond donors (Lipinski definition) is 0. The number of hydrogen-bond acceptors (Lipinski definition) is 4. The van der Waals surface area contributed by atoms with E-state index in [0.29, 0.717) is 11.5 Å². The van der Waals surface area contributed by atoms with Gasteiger partial charge in [-0.1, -0.05) is 55.5 Å². The normalized spacial score (nSPS) is 18.7. The minimum Gasteiger partial charge on any atom is -0.452 e. The van der Waals surface area contributed by atoms with Crippen LogP contribution in [-0.4, -0.2) is 42.3 Å². The van der Waals surface area contributed by atoms with Crippen molar-refractivity contribution < 1.29 is 19.1 Å². The second kappa shape index (κ2) is 9.50. The standard InChI is InChI=1S/C24H27NO4/c1-17-12-14-19(15-13-17)25(2)22(26)16-29-24(28)21-11-7-6-10-20(21)23(27)18-8-4-3-5-9-18/h3-11,17,19H,12-16H2,1-2H3. The summed E-state index contributed by atoms with van der Waals surface area (Å²) in [5.41, 5.74) is 0.934. The van der Waals surface area contributed by atoms with E-state index in [4.69, 9.17) is 4.74 Å². The Morgan fingerprint density at radius 1 is 0.897 bits per heavy atom. The summed E-state index contributed by atoms with van der Waals surface area (Å²) in [4.78, 5) is 39.5. The number of rotatable bonds is 6. The summed E-state index contributed by atoms with van der Waals surface area (Å²) in [6.07, 6.45) is 4.17. The molecule has 1 fully saturated rings. The summed E-state index contributed by atoms with van der Waals surface area (Å²) in [5.74, 6) is -0.433. The van der Waals surface area contributed by atoms with Gasteiger partial charge < -0.3 is 9.64 Å². The van der Waals surface area contributed by atoms with Crippen LogP contribution in [-0.2, 0) is 9.53 Å². The first kappa shape index (κ1) is 20.8. The van der Waals surface area contributed by atoms with Crippen LogP contribution in [0.1, 0.15) is 58.9 Å². The Kier molecular flexibility index (Phi) is 6.81. The quantitative estimate of drug-likeness (QED) is 0.547. The minimum atomic E-state index is -0.663. The zero-order valence-corrected chi connectivity index (χ0v) is 17.0. The zero-order valence-electron chi connectivity index (χ0n) is 17.0. The van der Waals surface area contributed by atoms with Crippen LogP contribution in [0.5, 0.6) is 0 Å². The molecule has 0 spiro atoms. The van der Waals surface area contributed by atoms with Gasteiger partial charge in [0.15, 0.2) is 12.4 Å². The molecule has 0 radical (unpaired) electrons. The number of nitrogens with zero attached hydrogens (tertiary/aromatic N) is 1. The number of esters is 1. The molecular formula is C24H27NO4. The fraction of sp³-hybridized carbons (Fsp3) is 0.375. The maximum absolute atomic E-state index is 12.8. The van der Waals surface area contributed by atoms with E-state index in [1.54, 1.807) is 60.5 Å². The lowest BCUT2D eigenvalue weighted by Gasteiger charge is -2.33. The van der Waals surface area contributed by atoms with E-state index >= 15 is 0 Å². The number of likely N-dealkylation sites (N-methyl/N-ethyl adjacent to an activating group) is 1. The van der Waals surface area contributed by atoms with Crippen molar-refractivity contribution in [2.75, 3.05) is 13.7 Å². The number of ketones is 1. The minimum absolute atomic E-state index is 0.170. The molecule has 0 heterocycles. The van der Waals surface area contributed by atoms with E-state index in [1.807, 2.05) is 6.07 Å². The van der Waals surface area contributed by atoms with Gasteiger partial charge in [-0.15, -0.1) is 0 Å². The molecule has 1 amide bonds. The fourth-order valence-electron chi connectivity index (χ4n) is 3.74. The molecule has 0 saturated heterocycles. The number of carbonyl (C=O) groups excluding carboxylic acids is 3. The van der Waals surface area contributed by atoms with Gasteiger partial charge >= 0.3 is 5.97 Å². The van der Waals surface area contributed by atoms with Gasteiger partial charge in [-0.25, -0.2) is 4.79 Å². The summed E-state index contributed by atoms with van der Waals surface area (Å²) in [5, 5.41) is 0. The lowest BCUT2D eigenvalue weighted by molar-refractivity contribution is -0.136. The lowest BCUT2D eigenvalue weighted by atomic mass is 9.87. The molecule has 5 nitrogen and oxygen atoms in total. The average molecular weight is 393 g/mol. The Morgan fingerprint density at radius 3 is 2.14 bits per heavy atom. The Bertz CT molecular complexity index is 869. The molecule has 0 unspecified atom stereocenters. The third-order valence-corrected chi connectivity index (χ3v) is 5.68. The Balaban J connectivity index is 1.64. The summed E-state index contributed by atoms with van der Waals surface area (Å²) in [7, 11) is 1.77. The molecule has 5 heteroatoms. The van der Waals surface area contributed by atoms with E-state index in [2.05, 4.69) is 6.92 Å². The summed E-state index contributed by atoms with van der Waals surface area (Å²) < 4.78 is 5.27. The molecule has 152 valence electrons.